The van der Waals surface area contributed by atoms with E-state index in [1.807, 2.05) is 57.2 Å². The Kier molecular flexibility index (Phi) is 7.73. The van der Waals surface area contributed by atoms with Crippen LogP contribution >= 0.6 is 0 Å². The fourth-order valence-electron chi connectivity index (χ4n) is 4.94. The van der Waals surface area contributed by atoms with E-state index in [4.69, 9.17) is 9.16 Å². The summed E-state index contributed by atoms with van der Waals surface area (Å²) >= 11 is 0. The number of benzene rings is 2. The molecule has 0 unspecified atom stereocenters. The maximum Gasteiger partial charge on any atom is 0.417 e. The van der Waals surface area contributed by atoms with Crippen molar-refractivity contribution in [2.75, 3.05) is 6.61 Å². The molecule has 0 aromatic heterocycles. The van der Waals surface area contributed by atoms with Crippen LogP contribution in [0.1, 0.15) is 61.3 Å². The fraction of sp³-hybridized carbons (Fsp3) is 0.500. The van der Waals surface area contributed by atoms with Crippen molar-refractivity contribution in [1.82, 2.24) is 4.90 Å². The van der Waals surface area contributed by atoms with E-state index >= 15 is 0 Å². The number of piperidine rings is 1. The maximum absolute atomic E-state index is 13.0. The molecule has 2 aromatic rings. The number of ether oxygens (including phenoxy) is 1. The SMILES string of the molecule is C[C@@H]1CC(=O)N(C(=O)OC(C)(C)C)[C@H](CO[Si](c2ccccc2)(c2ccccc2)C(C)(C)C)C1. The molecule has 0 aliphatic carbocycles. The second-order valence-corrected chi connectivity index (χ2v) is 15.7. The highest BCUT2D eigenvalue weighted by atomic mass is 28.4. The zero-order valence-corrected chi connectivity index (χ0v) is 22.6. The maximum atomic E-state index is 13.0. The summed E-state index contributed by atoms with van der Waals surface area (Å²) in [7, 11) is -2.78. The molecular formula is C28H39NO4Si. The van der Waals surface area contributed by atoms with Crippen molar-refractivity contribution >= 4 is 30.7 Å². The Bertz CT molecular complexity index is 939. The molecule has 2 aromatic carbocycles. The third kappa shape index (κ3) is 5.61. The van der Waals surface area contributed by atoms with E-state index < -0.39 is 20.0 Å². The summed E-state index contributed by atoms with van der Waals surface area (Å²) in [6.45, 7) is 14.4. The zero-order chi connectivity index (χ0) is 25.1. The summed E-state index contributed by atoms with van der Waals surface area (Å²) in [6, 6.07) is 20.4. The number of likely N-dealkylation sites (tertiary alicyclic amines) is 1. The summed E-state index contributed by atoms with van der Waals surface area (Å²) in [5.41, 5.74) is -0.677. The molecule has 3 rings (SSSR count). The van der Waals surface area contributed by atoms with E-state index in [1.54, 1.807) is 0 Å². The first-order chi connectivity index (χ1) is 15.8. The molecule has 0 spiro atoms. The number of nitrogens with zero attached hydrogens (tertiary/aromatic N) is 1. The predicted octanol–water partition coefficient (Wildman–Crippen LogP) is 5.13. The van der Waals surface area contributed by atoms with E-state index in [0.717, 1.165) is 0 Å². The molecule has 2 atom stereocenters. The lowest BCUT2D eigenvalue weighted by molar-refractivity contribution is -0.137. The van der Waals surface area contributed by atoms with Crippen LogP contribution in [0.4, 0.5) is 4.79 Å². The van der Waals surface area contributed by atoms with Gasteiger partial charge in [0.1, 0.15) is 5.60 Å². The van der Waals surface area contributed by atoms with Crippen molar-refractivity contribution in [1.29, 1.82) is 0 Å². The highest BCUT2D eigenvalue weighted by Gasteiger charge is 2.51. The van der Waals surface area contributed by atoms with Gasteiger partial charge in [-0.05, 0) is 48.5 Å². The van der Waals surface area contributed by atoms with Gasteiger partial charge >= 0.3 is 6.09 Å². The van der Waals surface area contributed by atoms with Gasteiger partial charge in [-0.1, -0.05) is 88.4 Å². The molecule has 184 valence electrons. The lowest BCUT2D eigenvalue weighted by Gasteiger charge is -2.45. The van der Waals surface area contributed by atoms with Crippen LogP contribution < -0.4 is 10.4 Å². The summed E-state index contributed by atoms with van der Waals surface area (Å²) in [5.74, 6) is -0.0111. The molecule has 0 N–H and O–H groups in total. The van der Waals surface area contributed by atoms with Crippen LogP contribution in [0.15, 0.2) is 60.7 Å². The molecule has 1 aliphatic heterocycles. The summed E-state index contributed by atoms with van der Waals surface area (Å²) in [6.07, 6.45) is 0.457. The molecule has 1 saturated heterocycles. The predicted molar refractivity (Wildman–Crippen MR) is 139 cm³/mol. The lowest BCUT2D eigenvalue weighted by atomic mass is 9.92. The molecule has 0 bridgehead atoms. The molecule has 2 amide bonds. The van der Waals surface area contributed by atoms with Crippen LogP contribution in [-0.4, -0.2) is 43.5 Å². The van der Waals surface area contributed by atoms with Gasteiger partial charge in [-0.2, -0.15) is 0 Å². The first-order valence-electron chi connectivity index (χ1n) is 12.1. The molecule has 6 heteroatoms. The van der Waals surface area contributed by atoms with Crippen molar-refractivity contribution < 1.29 is 18.8 Å². The third-order valence-corrected chi connectivity index (χ3v) is 11.3. The quantitative estimate of drug-likeness (QED) is 0.556. The highest BCUT2D eigenvalue weighted by molar-refractivity contribution is 6.99. The Balaban J connectivity index is 2.02. The largest absolute Gasteiger partial charge is 0.443 e. The molecule has 5 nitrogen and oxygen atoms in total. The minimum atomic E-state index is -2.78. The van der Waals surface area contributed by atoms with Gasteiger partial charge in [0, 0.05) is 6.42 Å². The van der Waals surface area contributed by atoms with Gasteiger partial charge in [-0.3, -0.25) is 4.79 Å². The third-order valence-electron chi connectivity index (χ3n) is 6.33. The topological polar surface area (TPSA) is 55.8 Å². The van der Waals surface area contributed by atoms with Gasteiger partial charge in [0.15, 0.2) is 0 Å². The first-order valence-corrected chi connectivity index (χ1v) is 14.1. The number of carbonyl (C=O) groups is 2. The highest BCUT2D eigenvalue weighted by Crippen LogP contribution is 2.37. The van der Waals surface area contributed by atoms with Crippen molar-refractivity contribution in [3.63, 3.8) is 0 Å². The number of carbonyl (C=O) groups excluding carboxylic acids is 2. The van der Waals surface area contributed by atoms with Gasteiger partial charge in [-0.25, -0.2) is 9.69 Å². The number of hydrogen-bond donors (Lipinski definition) is 0. The van der Waals surface area contributed by atoms with Gasteiger partial charge in [0.25, 0.3) is 8.32 Å². The summed E-state index contributed by atoms with van der Waals surface area (Å²) in [5, 5.41) is 2.16. The Morgan fingerprint density at radius 2 is 1.44 bits per heavy atom. The van der Waals surface area contributed by atoms with Crippen LogP contribution in [0.5, 0.6) is 0 Å². The number of hydrogen-bond acceptors (Lipinski definition) is 4. The van der Waals surface area contributed by atoms with Crippen molar-refractivity contribution in [2.45, 2.75) is 78.0 Å². The van der Waals surface area contributed by atoms with Gasteiger partial charge in [-0.15, -0.1) is 0 Å². The van der Waals surface area contributed by atoms with E-state index in [1.165, 1.54) is 15.3 Å². The molecule has 0 radical (unpaired) electrons. The molecule has 34 heavy (non-hydrogen) atoms. The van der Waals surface area contributed by atoms with Crippen LogP contribution in [0.2, 0.25) is 5.04 Å². The van der Waals surface area contributed by atoms with Crippen molar-refractivity contribution in [3.8, 4) is 0 Å². The Morgan fingerprint density at radius 3 is 1.88 bits per heavy atom. The minimum absolute atomic E-state index is 0.180. The monoisotopic (exact) mass is 481 g/mol. The van der Waals surface area contributed by atoms with Gasteiger partial charge < -0.3 is 9.16 Å². The second kappa shape index (κ2) is 10.0. The summed E-state index contributed by atoms with van der Waals surface area (Å²) < 4.78 is 12.7. The first kappa shape index (κ1) is 26.2. The molecule has 1 heterocycles. The van der Waals surface area contributed by atoms with Crippen LogP contribution in [0.25, 0.3) is 0 Å². The van der Waals surface area contributed by atoms with Crippen LogP contribution in [0, 0.1) is 5.92 Å². The second-order valence-electron chi connectivity index (χ2n) is 11.4. The molecule has 1 fully saturated rings. The molecule has 0 saturated carbocycles. The smallest absolute Gasteiger partial charge is 0.417 e. The fourth-order valence-corrected chi connectivity index (χ4v) is 9.54. The number of imide groups is 1. The van der Waals surface area contributed by atoms with Crippen LogP contribution in [0.3, 0.4) is 0 Å². The summed E-state index contributed by atoms with van der Waals surface area (Å²) in [4.78, 5) is 27.3. The normalized spacial score (nSPS) is 19.7. The number of amides is 2. The Labute approximate surface area is 205 Å². The van der Waals surface area contributed by atoms with E-state index in [2.05, 4.69) is 52.0 Å². The van der Waals surface area contributed by atoms with E-state index in [9.17, 15) is 9.59 Å². The molecular weight excluding hydrogens is 442 g/mol. The van der Waals surface area contributed by atoms with Crippen LogP contribution in [-0.2, 0) is 14.0 Å². The molecule has 1 aliphatic rings. The standard InChI is InChI=1S/C28H39NO4Si/c1-21-18-22(29(25(30)19-21)26(31)33-27(2,3)4)20-32-34(28(5,6)7,23-14-10-8-11-15-23)24-16-12-9-13-17-24/h8-17,21-22H,18-20H2,1-7H3/t21-,22-/m0/s1. The van der Waals surface area contributed by atoms with E-state index in [-0.39, 0.29) is 29.5 Å². The van der Waals surface area contributed by atoms with Crippen molar-refractivity contribution in [2.24, 2.45) is 5.92 Å². The van der Waals surface area contributed by atoms with Gasteiger partial charge in [0.05, 0.1) is 12.6 Å². The number of rotatable bonds is 5. The lowest BCUT2D eigenvalue weighted by Crippen LogP contribution is -2.67. The Hall–Kier alpha value is -2.44. The minimum Gasteiger partial charge on any atom is -0.443 e. The zero-order valence-electron chi connectivity index (χ0n) is 21.6. The van der Waals surface area contributed by atoms with E-state index in [0.29, 0.717) is 12.8 Å². The average molecular weight is 482 g/mol. The average Bonchev–Trinajstić information content (AvgIpc) is 2.73. The van der Waals surface area contributed by atoms with Crippen molar-refractivity contribution in [3.05, 3.63) is 60.7 Å². The van der Waals surface area contributed by atoms with Gasteiger partial charge in [0.2, 0.25) is 5.91 Å². The Morgan fingerprint density at radius 1 is 0.941 bits per heavy atom.